The summed E-state index contributed by atoms with van der Waals surface area (Å²) in [5, 5.41) is 8.41. The molecule has 0 unspecified atom stereocenters. The topological polar surface area (TPSA) is 77.1 Å². The predicted octanol–water partition coefficient (Wildman–Crippen LogP) is 2.01. The number of aryl methyl sites for hydroxylation is 4. The molecule has 1 aliphatic rings. The van der Waals surface area contributed by atoms with Crippen LogP contribution in [0.15, 0.2) is 10.7 Å². The molecule has 1 aliphatic heterocycles. The van der Waals surface area contributed by atoms with Gasteiger partial charge in [0.15, 0.2) is 5.82 Å². The highest BCUT2D eigenvalue weighted by molar-refractivity contribution is 5.76. The van der Waals surface area contributed by atoms with Gasteiger partial charge >= 0.3 is 0 Å². The zero-order valence-corrected chi connectivity index (χ0v) is 14.7. The fourth-order valence-electron chi connectivity index (χ4n) is 3.29. The Morgan fingerprint density at radius 3 is 2.96 bits per heavy atom. The summed E-state index contributed by atoms with van der Waals surface area (Å²) >= 11 is 0. The number of rotatable bonds is 5. The van der Waals surface area contributed by atoms with Gasteiger partial charge in [-0.1, -0.05) is 12.1 Å². The average molecular weight is 331 g/mol. The van der Waals surface area contributed by atoms with Crippen LogP contribution in [0.25, 0.3) is 0 Å². The van der Waals surface area contributed by atoms with Crippen molar-refractivity contribution in [2.24, 2.45) is 7.05 Å². The van der Waals surface area contributed by atoms with Crippen molar-refractivity contribution < 1.29 is 9.32 Å². The third-order valence-electron chi connectivity index (χ3n) is 4.65. The Bertz CT molecular complexity index is 706. The molecule has 0 bridgehead atoms. The fourth-order valence-corrected chi connectivity index (χ4v) is 3.29. The molecule has 0 spiro atoms. The fraction of sp³-hybridized carbons (Fsp3) is 0.647. The largest absolute Gasteiger partial charge is 0.342 e. The Hall–Kier alpha value is -2.18. The molecular formula is C17H25N5O2. The van der Waals surface area contributed by atoms with E-state index in [2.05, 4.69) is 15.2 Å². The molecule has 0 N–H and O–H groups in total. The molecule has 130 valence electrons. The van der Waals surface area contributed by atoms with Crippen molar-refractivity contribution in [2.75, 3.05) is 13.1 Å². The monoisotopic (exact) mass is 331 g/mol. The first kappa shape index (κ1) is 16.7. The maximum atomic E-state index is 12.6. The van der Waals surface area contributed by atoms with E-state index < -0.39 is 0 Å². The van der Waals surface area contributed by atoms with Crippen molar-refractivity contribution in [1.29, 1.82) is 0 Å². The Morgan fingerprint density at radius 1 is 1.46 bits per heavy atom. The number of aromatic nitrogens is 4. The summed E-state index contributed by atoms with van der Waals surface area (Å²) in [6.45, 7) is 5.49. The molecule has 1 atom stereocenters. The first-order valence-electron chi connectivity index (χ1n) is 8.66. The smallest absolute Gasteiger partial charge is 0.226 e. The van der Waals surface area contributed by atoms with E-state index in [1.807, 2.05) is 32.0 Å². The van der Waals surface area contributed by atoms with Crippen LogP contribution in [0.4, 0.5) is 0 Å². The highest BCUT2D eigenvalue weighted by Gasteiger charge is 2.27. The second-order valence-corrected chi connectivity index (χ2v) is 6.49. The van der Waals surface area contributed by atoms with Gasteiger partial charge in [-0.25, -0.2) is 0 Å². The molecule has 3 heterocycles. The van der Waals surface area contributed by atoms with Crippen molar-refractivity contribution >= 4 is 5.91 Å². The summed E-state index contributed by atoms with van der Waals surface area (Å²) < 4.78 is 7.01. The summed E-state index contributed by atoms with van der Waals surface area (Å²) in [6.07, 6.45) is 5.99. The van der Waals surface area contributed by atoms with Gasteiger partial charge in [0, 0.05) is 45.1 Å². The molecule has 0 saturated carbocycles. The van der Waals surface area contributed by atoms with Crippen molar-refractivity contribution in [3.05, 3.63) is 29.2 Å². The second-order valence-electron chi connectivity index (χ2n) is 6.49. The standard InChI is InChI=1S/C17H25N5O2/c1-4-15-18-17(20-24-15)14-6-5-9-22(11-14)16(23)8-7-13-10-21(3)19-12(13)2/h10,14H,4-9,11H2,1-3H3/t14-/m0/s1. The molecule has 3 rings (SSSR count). The zero-order valence-electron chi connectivity index (χ0n) is 14.7. The number of carbonyl (C=O) groups is 1. The number of amides is 1. The van der Waals surface area contributed by atoms with Crippen LogP contribution in [-0.2, 0) is 24.7 Å². The molecule has 7 heteroatoms. The van der Waals surface area contributed by atoms with E-state index in [9.17, 15) is 4.79 Å². The summed E-state index contributed by atoms with van der Waals surface area (Å²) in [5.74, 6) is 1.79. The normalized spacial score (nSPS) is 18.1. The molecule has 1 amide bonds. The molecule has 2 aromatic rings. The van der Waals surface area contributed by atoms with Crippen LogP contribution in [0.1, 0.15) is 55.1 Å². The first-order valence-corrected chi connectivity index (χ1v) is 8.66. The van der Waals surface area contributed by atoms with Crippen LogP contribution in [0, 0.1) is 6.92 Å². The van der Waals surface area contributed by atoms with E-state index >= 15 is 0 Å². The maximum Gasteiger partial charge on any atom is 0.226 e. The maximum absolute atomic E-state index is 12.6. The predicted molar refractivity (Wildman–Crippen MR) is 88.5 cm³/mol. The summed E-state index contributed by atoms with van der Waals surface area (Å²) in [7, 11) is 1.91. The summed E-state index contributed by atoms with van der Waals surface area (Å²) in [4.78, 5) is 18.9. The van der Waals surface area contributed by atoms with Gasteiger partial charge in [-0.05, 0) is 31.7 Å². The molecule has 1 saturated heterocycles. The van der Waals surface area contributed by atoms with Crippen LogP contribution in [-0.4, -0.2) is 43.8 Å². The van der Waals surface area contributed by atoms with Gasteiger partial charge in [0.2, 0.25) is 11.8 Å². The quantitative estimate of drug-likeness (QED) is 0.837. The van der Waals surface area contributed by atoms with Gasteiger partial charge in [0.05, 0.1) is 5.69 Å². The second kappa shape index (κ2) is 7.15. The van der Waals surface area contributed by atoms with Crippen molar-refractivity contribution in [3.63, 3.8) is 0 Å². The van der Waals surface area contributed by atoms with E-state index in [0.717, 1.165) is 49.3 Å². The van der Waals surface area contributed by atoms with Gasteiger partial charge in [-0.15, -0.1) is 0 Å². The van der Waals surface area contributed by atoms with E-state index in [1.54, 1.807) is 4.68 Å². The lowest BCUT2D eigenvalue weighted by Gasteiger charge is -2.31. The van der Waals surface area contributed by atoms with E-state index in [0.29, 0.717) is 18.9 Å². The van der Waals surface area contributed by atoms with E-state index in [-0.39, 0.29) is 11.8 Å². The van der Waals surface area contributed by atoms with Gasteiger partial charge in [-0.3, -0.25) is 9.48 Å². The number of hydrogen-bond donors (Lipinski definition) is 0. The number of hydrogen-bond acceptors (Lipinski definition) is 5. The highest BCUT2D eigenvalue weighted by Crippen LogP contribution is 2.25. The minimum Gasteiger partial charge on any atom is -0.342 e. The molecule has 1 fully saturated rings. The summed E-state index contributed by atoms with van der Waals surface area (Å²) in [6, 6.07) is 0. The van der Waals surface area contributed by atoms with Gasteiger partial charge in [0.25, 0.3) is 0 Å². The molecule has 24 heavy (non-hydrogen) atoms. The molecule has 0 aliphatic carbocycles. The van der Waals surface area contributed by atoms with Crippen LogP contribution in [0.3, 0.4) is 0 Å². The molecule has 2 aromatic heterocycles. The number of carbonyl (C=O) groups excluding carboxylic acids is 1. The van der Waals surface area contributed by atoms with Crippen LogP contribution in [0.5, 0.6) is 0 Å². The number of likely N-dealkylation sites (tertiary alicyclic amines) is 1. The van der Waals surface area contributed by atoms with Gasteiger partial charge in [0.1, 0.15) is 0 Å². The van der Waals surface area contributed by atoms with Crippen LogP contribution < -0.4 is 0 Å². The van der Waals surface area contributed by atoms with Gasteiger partial charge < -0.3 is 9.42 Å². The lowest BCUT2D eigenvalue weighted by atomic mass is 9.97. The van der Waals surface area contributed by atoms with Crippen molar-refractivity contribution in [2.45, 2.75) is 51.9 Å². The lowest BCUT2D eigenvalue weighted by molar-refractivity contribution is -0.132. The van der Waals surface area contributed by atoms with Crippen molar-refractivity contribution in [3.8, 4) is 0 Å². The third-order valence-corrected chi connectivity index (χ3v) is 4.65. The SMILES string of the molecule is CCc1nc([C@H]2CCCN(C(=O)CCc3cn(C)nc3C)C2)no1. The average Bonchev–Trinajstić information content (AvgIpc) is 3.19. The highest BCUT2D eigenvalue weighted by atomic mass is 16.5. The lowest BCUT2D eigenvalue weighted by Crippen LogP contribution is -2.39. The minimum absolute atomic E-state index is 0.187. The van der Waals surface area contributed by atoms with Crippen LogP contribution in [0.2, 0.25) is 0 Å². The Morgan fingerprint density at radius 2 is 2.29 bits per heavy atom. The Balaban J connectivity index is 1.57. The first-order chi connectivity index (χ1) is 11.6. The molecular weight excluding hydrogens is 306 g/mol. The van der Waals surface area contributed by atoms with Gasteiger partial charge in [-0.2, -0.15) is 10.1 Å². The molecule has 0 radical (unpaired) electrons. The number of piperidine rings is 1. The zero-order chi connectivity index (χ0) is 17.1. The van der Waals surface area contributed by atoms with Crippen molar-refractivity contribution in [1.82, 2.24) is 24.8 Å². The number of nitrogens with zero attached hydrogens (tertiary/aromatic N) is 5. The van der Waals surface area contributed by atoms with E-state index in [1.165, 1.54) is 0 Å². The molecule has 0 aromatic carbocycles. The van der Waals surface area contributed by atoms with E-state index in [4.69, 9.17) is 4.52 Å². The summed E-state index contributed by atoms with van der Waals surface area (Å²) in [5.41, 5.74) is 2.14. The van der Waals surface area contributed by atoms with Crippen LogP contribution >= 0.6 is 0 Å². The minimum atomic E-state index is 0.187. The Kier molecular flexibility index (Phi) is 4.97. The Labute approximate surface area is 142 Å². The molecule has 7 nitrogen and oxygen atoms in total. The third kappa shape index (κ3) is 3.66.